The lowest BCUT2D eigenvalue weighted by Gasteiger charge is -2.05. The minimum absolute atomic E-state index is 0. The standard InChI is InChI=1S/C19H21N3OS.ClH/c1-13-8-9-14(2)16(10-13)12-24-19-22-21-18(23-19)17(20)11-15-6-4-3-5-7-15;/h3-10,17H,11-12,20H2,1-2H3;1H/t17-;/m0./s1. The van der Waals surface area contributed by atoms with Gasteiger partial charge in [0, 0.05) is 12.2 Å². The molecule has 0 bridgehead atoms. The molecule has 3 aromatic rings. The SMILES string of the molecule is Cc1ccc(C)c(CSc2nnc([C@@H]([NH3+])Cc3ccccc3)o2)c1.[Cl-]. The van der Waals surface area contributed by atoms with E-state index in [1.54, 1.807) is 11.8 Å². The maximum Gasteiger partial charge on any atom is 0.277 e. The van der Waals surface area contributed by atoms with Gasteiger partial charge in [-0.15, -0.1) is 10.2 Å². The molecule has 6 heteroatoms. The van der Waals surface area contributed by atoms with Gasteiger partial charge in [0.15, 0.2) is 6.04 Å². The molecule has 1 atom stereocenters. The second kappa shape index (κ2) is 9.04. The number of rotatable bonds is 6. The third kappa shape index (κ3) is 5.33. The number of quaternary nitrogens is 1. The predicted molar refractivity (Wildman–Crippen MR) is 95.6 cm³/mol. The smallest absolute Gasteiger partial charge is 0.277 e. The molecule has 132 valence electrons. The molecule has 1 heterocycles. The zero-order valence-corrected chi connectivity index (χ0v) is 16.0. The summed E-state index contributed by atoms with van der Waals surface area (Å²) >= 11 is 1.57. The Balaban J connectivity index is 0.00000225. The first kappa shape index (κ1) is 19.5. The Morgan fingerprint density at radius 1 is 1.08 bits per heavy atom. The Hall–Kier alpha value is -1.82. The minimum atomic E-state index is -0.0324. The third-order valence-corrected chi connectivity index (χ3v) is 4.82. The van der Waals surface area contributed by atoms with E-state index in [0.717, 1.165) is 12.2 Å². The highest BCUT2D eigenvalue weighted by Gasteiger charge is 2.18. The normalized spacial score (nSPS) is 11.8. The van der Waals surface area contributed by atoms with Crippen molar-refractivity contribution in [3.05, 3.63) is 76.7 Å². The second-order valence-corrected chi connectivity index (χ2v) is 6.94. The molecule has 0 saturated carbocycles. The molecule has 3 N–H and O–H groups in total. The summed E-state index contributed by atoms with van der Waals surface area (Å²) in [5.41, 5.74) is 9.23. The van der Waals surface area contributed by atoms with Crippen molar-refractivity contribution in [1.82, 2.24) is 10.2 Å². The summed E-state index contributed by atoms with van der Waals surface area (Å²) in [5, 5.41) is 8.92. The molecule has 0 aliphatic carbocycles. The highest BCUT2D eigenvalue weighted by atomic mass is 35.5. The molecule has 0 aliphatic heterocycles. The van der Waals surface area contributed by atoms with Gasteiger partial charge < -0.3 is 22.6 Å². The van der Waals surface area contributed by atoms with Crippen LogP contribution < -0.4 is 18.1 Å². The molecule has 0 fully saturated rings. The Kier molecular flexibility index (Phi) is 7.05. The van der Waals surface area contributed by atoms with E-state index in [2.05, 4.69) is 60.1 Å². The summed E-state index contributed by atoms with van der Waals surface area (Å²) in [4.78, 5) is 0. The molecule has 0 unspecified atom stereocenters. The molecule has 0 radical (unpaired) electrons. The minimum Gasteiger partial charge on any atom is -1.00 e. The van der Waals surface area contributed by atoms with Gasteiger partial charge in [-0.1, -0.05) is 65.9 Å². The van der Waals surface area contributed by atoms with E-state index < -0.39 is 0 Å². The van der Waals surface area contributed by atoms with Gasteiger partial charge in [-0.2, -0.15) is 0 Å². The van der Waals surface area contributed by atoms with E-state index in [9.17, 15) is 0 Å². The average molecular weight is 376 g/mol. The lowest BCUT2D eigenvalue weighted by Crippen LogP contribution is -3.00. The van der Waals surface area contributed by atoms with Crippen LogP contribution in [-0.4, -0.2) is 10.2 Å². The van der Waals surface area contributed by atoms with Crippen LogP contribution in [0.5, 0.6) is 0 Å². The van der Waals surface area contributed by atoms with Crippen LogP contribution in [0.4, 0.5) is 0 Å². The molecular weight excluding hydrogens is 354 g/mol. The van der Waals surface area contributed by atoms with E-state index in [0.29, 0.717) is 11.1 Å². The number of benzene rings is 2. The third-order valence-electron chi connectivity index (χ3n) is 3.95. The van der Waals surface area contributed by atoms with Crippen LogP contribution in [0, 0.1) is 13.8 Å². The zero-order valence-electron chi connectivity index (χ0n) is 14.4. The number of hydrogen-bond donors (Lipinski definition) is 1. The molecule has 0 aliphatic rings. The Morgan fingerprint density at radius 2 is 1.84 bits per heavy atom. The fraction of sp³-hybridized carbons (Fsp3) is 0.263. The first-order chi connectivity index (χ1) is 11.6. The molecule has 0 spiro atoms. The molecule has 0 saturated heterocycles. The van der Waals surface area contributed by atoms with E-state index in [4.69, 9.17) is 4.42 Å². The fourth-order valence-corrected chi connectivity index (χ4v) is 3.36. The van der Waals surface area contributed by atoms with Gasteiger partial charge >= 0.3 is 0 Å². The topological polar surface area (TPSA) is 66.6 Å². The Bertz CT molecular complexity index is 807. The molecule has 4 nitrogen and oxygen atoms in total. The van der Waals surface area contributed by atoms with Crippen molar-refractivity contribution in [2.45, 2.75) is 37.3 Å². The maximum atomic E-state index is 5.79. The first-order valence-corrected chi connectivity index (χ1v) is 8.99. The molecule has 3 rings (SSSR count). The van der Waals surface area contributed by atoms with Crippen molar-refractivity contribution in [3.8, 4) is 0 Å². The molecule has 2 aromatic carbocycles. The van der Waals surface area contributed by atoms with Crippen molar-refractivity contribution < 1.29 is 22.6 Å². The zero-order chi connectivity index (χ0) is 16.9. The molecule has 1 aromatic heterocycles. The molecular formula is C19H22ClN3OS. The van der Waals surface area contributed by atoms with E-state index in [1.807, 2.05) is 18.2 Å². The number of aryl methyl sites for hydroxylation is 2. The molecule has 0 amide bonds. The molecule has 25 heavy (non-hydrogen) atoms. The first-order valence-electron chi connectivity index (χ1n) is 8.01. The summed E-state index contributed by atoms with van der Waals surface area (Å²) < 4.78 is 5.79. The lowest BCUT2D eigenvalue weighted by molar-refractivity contribution is -0.431. The van der Waals surface area contributed by atoms with Gasteiger partial charge in [-0.3, -0.25) is 0 Å². The highest BCUT2D eigenvalue weighted by molar-refractivity contribution is 7.98. The number of halogens is 1. The van der Waals surface area contributed by atoms with E-state index >= 15 is 0 Å². The van der Waals surface area contributed by atoms with Crippen molar-refractivity contribution in [2.24, 2.45) is 0 Å². The van der Waals surface area contributed by atoms with Gasteiger partial charge in [0.2, 0.25) is 0 Å². The van der Waals surface area contributed by atoms with Gasteiger partial charge in [-0.05, 0) is 30.5 Å². The van der Waals surface area contributed by atoms with Crippen LogP contribution in [-0.2, 0) is 12.2 Å². The van der Waals surface area contributed by atoms with Crippen LogP contribution in [0.15, 0.2) is 58.2 Å². The number of aromatic nitrogens is 2. The number of hydrogen-bond acceptors (Lipinski definition) is 4. The average Bonchev–Trinajstić information content (AvgIpc) is 3.06. The van der Waals surface area contributed by atoms with Crippen molar-refractivity contribution in [3.63, 3.8) is 0 Å². The van der Waals surface area contributed by atoms with Crippen LogP contribution in [0.1, 0.15) is 34.2 Å². The Labute approximate surface area is 158 Å². The van der Waals surface area contributed by atoms with Gasteiger partial charge in [-0.25, -0.2) is 0 Å². The van der Waals surface area contributed by atoms with Gasteiger partial charge in [0.05, 0.1) is 0 Å². The van der Waals surface area contributed by atoms with Gasteiger partial charge in [0.1, 0.15) is 0 Å². The van der Waals surface area contributed by atoms with E-state index in [-0.39, 0.29) is 18.4 Å². The summed E-state index contributed by atoms with van der Waals surface area (Å²) in [7, 11) is 0. The summed E-state index contributed by atoms with van der Waals surface area (Å²) in [6, 6.07) is 16.7. The van der Waals surface area contributed by atoms with E-state index in [1.165, 1.54) is 22.3 Å². The maximum absolute atomic E-state index is 5.79. The van der Waals surface area contributed by atoms with Gasteiger partial charge in [0.25, 0.3) is 11.1 Å². The fourth-order valence-electron chi connectivity index (χ4n) is 2.52. The van der Waals surface area contributed by atoms with Crippen LogP contribution in [0.25, 0.3) is 0 Å². The summed E-state index contributed by atoms with van der Waals surface area (Å²) in [6.45, 7) is 4.23. The quantitative estimate of drug-likeness (QED) is 0.637. The van der Waals surface area contributed by atoms with Crippen LogP contribution in [0.3, 0.4) is 0 Å². The predicted octanol–water partition coefficient (Wildman–Crippen LogP) is 0.508. The highest BCUT2D eigenvalue weighted by Crippen LogP contribution is 2.25. The summed E-state index contributed by atoms with van der Waals surface area (Å²) in [5.74, 6) is 1.43. The van der Waals surface area contributed by atoms with Crippen LogP contribution in [0.2, 0.25) is 0 Å². The van der Waals surface area contributed by atoms with Crippen LogP contribution >= 0.6 is 11.8 Å². The van der Waals surface area contributed by atoms with Crippen molar-refractivity contribution in [1.29, 1.82) is 0 Å². The summed E-state index contributed by atoms with van der Waals surface area (Å²) in [6.07, 6.45) is 0.796. The number of thioether (sulfide) groups is 1. The lowest BCUT2D eigenvalue weighted by atomic mass is 10.1. The largest absolute Gasteiger partial charge is 1.00 e. The monoisotopic (exact) mass is 375 g/mol. The second-order valence-electron chi connectivity index (χ2n) is 6.01. The van der Waals surface area contributed by atoms with Crippen molar-refractivity contribution in [2.75, 3.05) is 0 Å². The number of nitrogens with zero attached hydrogens (tertiary/aromatic N) is 2. The Morgan fingerprint density at radius 3 is 2.60 bits per heavy atom. The van der Waals surface area contributed by atoms with Crippen molar-refractivity contribution >= 4 is 11.8 Å².